The Bertz CT molecular complexity index is 561. The molecule has 0 aliphatic carbocycles. The highest BCUT2D eigenvalue weighted by Gasteiger charge is 2.12. The molecule has 0 radical (unpaired) electrons. The lowest BCUT2D eigenvalue weighted by atomic mass is 9.96. The van der Waals surface area contributed by atoms with Crippen molar-refractivity contribution in [2.75, 3.05) is 0 Å². The molecule has 0 aliphatic rings. The molecule has 0 amide bonds. The highest BCUT2D eigenvalue weighted by atomic mass is 16.4. The molecule has 3 heteroatoms. The van der Waals surface area contributed by atoms with Gasteiger partial charge in [-0.25, -0.2) is 4.79 Å². The predicted molar refractivity (Wildman–Crippen MR) is 73.2 cm³/mol. The van der Waals surface area contributed by atoms with E-state index in [-0.39, 0.29) is 12.2 Å². The van der Waals surface area contributed by atoms with Crippen molar-refractivity contribution in [2.45, 2.75) is 19.4 Å². The first-order chi connectivity index (χ1) is 9.22. The molecular weight excluding hydrogens is 240 g/mol. The average Bonchev–Trinajstić information content (AvgIpc) is 2.45. The van der Waals surface area contributed by atoms with E-state index in [1.54, 1.807) is 6.07 Å². The van der Waals surface area contributed by atoms with Gasteiger partial charge in [0, 0.05) is 0 Å². The van der Waals surface area contributed by atoms with Gasteiger partial charge in [0.05, 0.1) is 12.2 Å². The molecule has 0 aliphatic heterocycles. The first kappa shape index (κ1) is 13.3. The van der Waals surface area contributed by atoms with Crippen LogP contribution in [0.3, 0.4) is 0 Å². The summed E-state index contributed by atoms with van der Waals surface area (Å²) in [6.45, 7) is -0.243. The first-order valence-corrected chi connectivity index (χ1v) is 6.21. The van der Waals surface area contributed by atoms with E-state index in [1.807, 2.05) is 36.4 Å². The van der Waals surface area contributed by atoms with Gasteiger partial charge < -0.3 is 10.2 Å². The van der Waals surface area contributed by atoms with E-state index in [4.69, 9.17) is 5.11 Å². The zero-order valence-electron chi connectivity index (χ0n) is 10.5. The topological polar surface area (TPSA) is 57.5 Å². The molecule has 0 unspecified atom stereocenters. The summed E-state index contributed by atoms with van der Waals surface area (Å²) in [6.07, 6.45) is 1.55. The third-order valence-electron chi connectivity index (χ3n) is 3.19. The van der Waals surface area contributed by atoms with Crippen LogP contribution in [0.4, 0.5) is 0 Å². The van der Waals surface area contributed by atoms with Crippen molar-refractivity contribution in [3.05, 3.63) is 70.8 Å². The molecule has 0 aromatic heterocycles. The van der Waals surface area contributed by atoms with Gasteiger partial charge in [0.1, 0.15) is 0 Å². The van der Waals surface area contributed by atoms with Crippen LogP contribution in [-0.2, 0) is 19.4 Å². The number of aromatic carboxylic acids is 1. The fourth-order valence-electron chi connectivity index (χ4n) is 2.18. The van der Waals surface area contributed by atoms with Gasteiger partial charge in [-0.2, -0.15) is 0 Å². The van der Waals surface area contributed by atoms with Crippen LogP contribution in [0.2, 0.25) is 0 Å². The van der Waals surface area contributed by atoms with Crippen molar-refractivity contribution in [3.63, 3.8) is 0 Å². The van der Waals surface area contributed by atoms with Crippen LogP contribution in [0.1, 0.15) is 27.0 Å². The van der Waals surface area contributed by atoms with Gasteiger partial charge in [-0.05, 0) is 35.6 Å². The van der Waals surface area contributed by atoms with Crippen LogP contribution < -0.4 is 0 Å². The van der Waals surface area contributed by atoms with Gasteiger partial charge in [-0.15, -0.1) is 0 Å². The highest BCUT2D eigenvalue weighted by molar-refractivity contribution is 5.89. The third kappa shape index (κ3) is 3.20. The van der Waals surface area contributed by atoms with E-state index in [1.165, 1.54) is 11.6 Å². The van der Waals surface area contributed by atoms with Crippen molar-refractivity contribution < 1.29 is 15.0 Å². The quantitative estimate of drug-likeness (QED) is 0.864. The Kier molecular flexibility index (Phi) is 4.31. The Morgan fingerprint density at radius 2 is 1.68 bits per heavy atom. The Morgan fingerprint density at radius 3 is 2.32 bits per heavy atom. The molecule has 0 saturated heterocycles. The van der Waals surface area contributed by atoms with E-state index in [2.05, 4.69) is 0 Å². The van der Waals surface area contributed by atoms with E-state index in [0.717, 1.165) is 18.4 Å². The summed E-state index contributed by atoms with van der Waals surface area (Å²) in [4.78, 5) is 11.1. The summed E-state index contributed by atoms with van der Waals surface area (Å²) in [5.41, 5.74) is 2.80. The normalized spacial score (nSPS) is 10.4. The van der Waals surface area contributed by atoms with Gasteiger partial charge >= 0.3 is 5.97 Å². The number of aliphatic hydroxyl groups excluding tert-OH is 1. The maximum atomic E-state index is 11.1. The van der Waals surface area contributed by atoms with Gasteiger partial charge in [-0.1, -0.05) is 42.5 Å². The molecular formula is C16H16O3. The molecule has 0 bridgehead atoms. The number of carboxylic acids is 1. The van der Waals surface area contributed by atoms with Crippen molar-refractivity contribution in [1.82, 2.24) is 0 Å². The molecule has 3 nitrogen and oxygen atoms in total. The molecule has 0 atom stereocenters. The zero-order chi connectivity index (χ0) is 13.7. The molecule has 0 spiro atoms. The molecule has 0 saturated carbocycles. The number of hydrogen-bond acceptors (Lipinski definition) is 2. The monoisotopic (exact) mass is 256 g/mol. The van der Waals surface area contributed by atoms with Crippen LogP contribution in [0, 0.1) is 0 Å². The SMILES string of the molecule is O=C(O)c1cccc(CCc2ccccc2)c1CO. The number of hydrogen-bond donors (Lipinski definition) is 2. The van der Waals surface area contributed by atoms with Gasteiger partial charge in [0.15, 0.2) is 0 Å². The third-order valence-corrected chi connectivity index (χ3v) is 3.19. The van der Waals surface area contributed by atoms with E-state index >= 15 is 0 Å². The number of carboxylic acid groups (broad SMARTS) is 1. The van der Waals surface area contributed by atoms with Crippen molar-refractivity contribution in [2.24, 2.45) is 0 Å². The minimum absolute atomic E-state index is 0.188. The van der Waals surface area contributed by atoms with Crippen LogP contribution in [0.15, 0.2) is 48.5 Å². The maximum Gasteiger partial charge on any atom is 0.336 e. The molecule has 2 N–H and O–H groups in total. The minimum atomic E-state index is -0.995. The fraction of sp³-hybridized carbons (Fsp3) is 0.188. The second-order valence-electron chi connectivity index (χ2n) is 4.39. The largest absolute Gasteiger partial charge is 0.478 e. The standard InChI is InChI=1S/C16H16O3/c17-11-15-13(7-4-8-14(15)16(18)19)10-9-12-5-2-1-3-6-12/h1-8,17H,9-11H2,(H,18,19). The van der Waals surface area contributed by atoms with E-state index in [9.17, 15) is 9.90 Å². The molecule has 2 aromatic carbocycles. The lowest BCUT2D eigenvalue weighted by Gasteiger charge is -2.10. The van der Waals surface area contributed by atoms with Crippen LogP contribution in [-0.4, -0.2) is 16.2 Å². The number of rotatable bonds is 5. The van der Waals surface area contributed by atoms with Crippen molar-refractivity contribution in [3.8, 4) is 0 Å². The molecule has 0 fully saturated rings. The molecule has 2 rings (SSSR count). The first-order valence-electron chi connectivity index (χ1n) is 6.21. The number of carbonyl (C=O) groups is 1. The summed E-state index contributed by atoms with van der Waals surface area (Å²) in [7, 11) is 0. The summed E-state index contributed by atoms with van der Waals surface area (Å²) < 4.78 is 0. The smallest absolute Gasteiger partial charge is 0.336 e. The number of aryl methyl sites for hydroxylation is 2. The highest BCUT2D eigenvalue weighted by Crippen LogP contribution is 2.17. The lowest BCUT2D eigenvalue weighted by Crippen LogP contribution is -2.06. The molecule has 98 valence electrons. The van der Waals surface area contributed by atoms with Gasteiger partial charge in [0.2, 0.25) is 0 Å². The van der Waals surface area contributed by atoms with Crippen LogP contribution in [0.25, 0.3) is 0 Å². The molecule has 0 heterocycles. The van der Waals surface area contributed by atoms with Crippen molar-refractivity contribution >= 4 is 5.97 Å². The summed E-state index contributed by atoms with van der Waals surface area (Å²) in [5, 5.41) is 18.5. The van der Waals surface area contributed by atoms with E-state index in [0.29, 0.717) is 5.56 Å². The second kappa shape index (κ2) is 6.16. The average molecular weight is 256 g/mol. The Morgan fingerprint density at radius 1 is 0.947 bits per heavy atom. The number of aliphatic hydroxyl groups is 1. The van der Waals surface area contributed by atoms with E-state index < -0.39 is 5.97 Å². The number of benzene rings is 2. The lowest BCUT2D eigenvalue weighted by molar-refractivity contribution is 0.0693. The van der Waals surface area contributed by atoms with Crippen LogP contribution in [0.5, 0.6) is 0 Å². The second-order valence-corrected chi connectivity index (χ2v) is 4.39. The fourth-order valence-corrected chi connectivity index (χ4v) is 2.18. The summed E-state index contributed by atoms with van der Waals surface area (Å²) in [5.74, 6) is -0.995. The minimum Gasteiger partial charge on any atom is -0.478 e. The molecule has 2 aromatic rings. The summed E-state index contributed by atoms with van der Waals surface area (Å²) >= 11 is 0. The van der Waals surface area contributed by atoms with Crippen LogP contribution >= 0.6 is 0 Å². The van der Waals surface area contributed by atoms with Gasteiger partial charge in [0.25, 0.3) is 0 Å². The maximum absolute atomic E-state index is 11.1. The summed E-state index contributed by atoms with van der Waals surface area (Å²) in [6, 6.07) is 15.1. The van der Waals surface area contributed by atoms with Crippen molar-refractivity contribution in [1.29, 1.82) is 0 Å². The Hall–Kier alpha value is -2.13. The Labute approximate surface area is 112 Å². The Balaban J connectivity index is 2.21. The zero-order valence-corrected chi connectivity index (χ0v) is 10.5. The predicted octanol–water partition coefficient (Wildman–Crippen LogP) is 2.66. The molecule has 19 heavy (non-hydrogen) atoms. The van der Waals surface area contributed by atoms with Gasteiger partial charge in [-0.3, -0.25) is 0 Å².